The predicted octanol–water partition coefficient (Wildman–Crippen LogP) is 2.43. The summed E-state index contributed by atoms with van der Waals surface area (Å²) in [4.78, 5) is 11.6. The SMILES string of the molecule is CC(C)CCC(=O)Nc1ccc(NS(C)(=O)=O)cc1. The van der Waals surface area contributed by atoms with Gasteiger partial charge in [0.2, 0.25) is 15.9 Å². The summed E-state index contributed by atoms with van der Waals surface area (Å²) in [6.07, 6.45) is 2.43. The second-order valence-corrected chi connectivity index (χ2v) is 6.68. The van der Waals surface area contributed by atoms with Crippen molar-refractivity contribution in [2.75, 3.05) is 16.3 Å². The lowest BCUT2D eigenvalue weighted by atomic mass is 10.1. The van der Waals surface area contributed by atoms with Crippen LogP contribution in [0.15, 0.2) is 24.3 Å². The van der Waals surface area contributed by atoms with Crippen LogP contribution < -0.4 is 10.0 Å². The third-order valence-electron chi connectivity index (χ3n) is 2.42. The molecule has 0 aromatic heterocycles. The molecule has 1 rings (SSSR count). The Morgan fingerprint density at radius 3 is 2.16 bits per heavy atom. The van der Waals surface area contributed by atoms with Crippen LogP contribution >= 0.6 is 0 Å². The van der Waals surface area contributed by atoms with Gasteiger partial charge in [-0.2, -0.15) is 0 Å². The van der Waals surface area contributed by atoms with Crippen LogP contribution in [0.2, 0.25) is 0 Å². The molecule has 0 aliphatic rings. The van der Waals surface area contributed by atoms with Crippen molar-refractivity contribution in [3.05, 3.63) is 24.3 Å². The molecule has 0 spiro atoms. The molecule has 0 aliphatic heterocycles. The average Bonchev–Trinajstić information content (AvgIpc) is 2.27. The minimum Gasteiger partial charge on any atom is -0.326 e. The second kappa shape index (κ2) is 6.56. The highest BCUT2D eigenvalue weighted by Gasteiger charge is 2.05. The molecule has 0 saturated heterocycles. The Morgan fingerprint density at radius 1 is 1.16 bits per heavy atom. The van der Waals surface area contributed by atoms with Crippen LogP contribution in [0.5, 0.6) is 0 Å². The smallest absolute Gasteiger partial charge is 0.229 e. The van der Waals surface area contributed by atoms with E-state index in [1.54, 1.807) is 24.3 Å². The second-order valence-electron chi connectivity index (χ2n) is 4.93. The zero-order chi connectivity index (χ0) is 14.5. The number of carbonyl (C=O) groups is 1. The summed E-state index contributed by atoms with van der Waals surface area (Å²) in [6.45, 7) is 4.14. The lowest BCUT2D eigenvalue weighted by Gasteiger charge is -2.08. The van der Waals surface area contributed by atoms with E-state index in [0.29, 0.717) is 23.7 Å². The Balaban J connectivity index is 2.55. The van der Waals surface area contributed by atoms with E-state index in [1.807, 2.05) is 0 Å². The lowest BCUT2D eigenvalue weighted by molar-refractivity contribution is -0.116. The first kappa shape index (κ1) is 15.5. The summed E-state index contributed by atoms with van der Waals surface area (Å²) >= 11 is 0. The Hall–Kier alpha value is -1.56. The van der Waals surface area contributed by atoms with Crippen LogP contribution in [0, 0.1) is 5.92 Å². The number of benzene rings is 1. The molecule has 2 N–H and O–H groups in total. The van der Waals surface area contributed by atoms with Gasteiger partial charge in [0, 0.05) is 17.8 Å². The molecule has 0 radical (unpaired) electrons. The van der Waals surface area contributed by atoms with Crippen LogP contribution in [0.3, 0.4) is 0 Å². The van der Waals surface area contributed by atoms with Gasteiger partial charge in [-0.25, -0.2) is 8.42 Å². The maximum Gasteiger partial charge on any atom is 0.229 e. The van der Waals surface area contributed by atoms with Gasteiger partial charge in [0.05, 0.1) is 6.26 Å². The number of amides is 1. The monoisotopic (exact) mass is 284 g/mol. The van der Waals surface area contributed by atoms with E-state index in [-0.39, 0.29) is 5.91 Å². The fraction of sp³-hybridized carbons (Fsp3) is 0.462. The summed E-state index contributed by atoms with van der Waals surface area (Å²) in [5.74, 6) is 0.463. The zero-order valence-electron chi connectivity index (χ0n) is 11.4. The van der Waals surface area contributed by atoms with Crippen LogP contribution in [-0.4, -0.2) is 20.6 Å². The molecule has 1 amide bonds. The minimum atomic E-state index is -3.27. The molecule has 0 bridgehead atoms. The molecule has 0 unspecified atom stereocenters. The van der Waals surface area contributed by atoms with E-state index in [1.165, 1.54) is 0 Å². The summed E-state index contributed by atoms with van der Waals surface area (Å²) < 4.78 is 24.4. The fourth-order valence-corrected chi connectivity index (χ4v) is 2.04. The fourth-order valence-electron chi connectivity index (χ4n) is 1.48. The highest BCUT2D eigenvalue weighted by Crippen LogP contribution is 2.15. The quantitative estimate of drug-likeness (QED) is 0.842. The van der Waals surface area contributed by atoms with Gasteiger partial charge >= 0.3 is 0 Å². The molecule has 1 aromatic rings. The van der Waals surface area contributed by atoms with Crippen LogP contribution in [-0.2, 0) is 14.8 Å². The normalized spacial score (nSPS) is 11.4. The molecule has 106 valence electrons. The third-order valence-corrected chi connectivity index (χ3v) is 3.03. The van der Waals surface area contributed by atoms with E-state index in [4.69, 9.17) is 0 Å². The van der Waals surface area contributed by atoms with Gasteiger partial charge < -0.3 is 5.32 Å². The minimum absolute atomic E-state index is 0.0301. The number of rotatable bonds is 6. The first-order valence-electron chi connectivity index (χ1n) is 6.14. The number of anilines is 2. The number of nitrogens with one attached hydrogen (secondary N) is 2. The molecule has 0 fully saturated rings. The summed E-state index contributed by atoms with van der Waals surface area (Å²) in [5, 5.41) is 2.77. The number of hydrogen-bond donors (Lipinski definition) is 2. The van der Waals surface area contributed by atoms with Crippen molar-refractivity contribution in [3.8, 4) is 0 Å². The number of carbonyl (C=O) groups excluding carboxylic acids is 1. The molecule has 0 atom stereocenters. The van der Waals surface area contributed by atoms with Crippen molar-refractivity contribution in [3.63, 3.8) is 0 Å². The first-order valence-corrected chi connectivity index (χ1v) is 8.03. The van der Waals surface area contributed by atoms with Crippen LogP contribution in [0.1, 0.15) is 26.7 Å². The number of sulfonamides is 1. The van der Waals surface area contributed by atoms with E-state index in [9.17, 15) is 13.2 Å². The number of hydrogen-bond acceptors (Lipinski definition) is 3. The summed E-state index contributed by atoms with van der Waals surface area (Å²) in [7, 11) is -3.27. The van der Waals surface area contributed by atoms with Gasteiger partial charge in [0.1, 0.15) is 0 Å². The molecule has 1 aromatic carbocycles. The van der Waals surface area contributed by atoms with Crippen molar-refractivity contribution >= 4 is 27.3 Å². The molecule has 0 saturated carbocycles. The molecule has 5 nitrogen and oxygen atoms in total. The Morgan fingerprint density at radius 2 is 1.68 bits per heavy atom. The summed E-state index contributed by atoms with van der Waals surface area (Å²) in [6, 6.07) is 6.56. The van der Waals surface area contributed by atoms with E-state index >= 15 is 0 Å². The van der Waals surface area contributed by atoms with E-state index in [2.05, 4.69) is 23.9 Å². The maximum absolute atomic E-state index is 11.6. The van der Waals surface area contributed by atoms with Gasteiger partial charge in [-0.05, 0) is 36.6 Å². The van der Waals surface area contributed by atoms with E-state index < -0.39 is 10.0 Å². The van der Waals surface area contributed by atoms with E-state index in [0.717, 1.165) is 12.7 Å². The lowest BCUT2D eigenvalue weighted by Crippen LogP contribution is -2.12. The van der Waals surface area contributed by atoms with Crippen molar-refractivity contribution in [1.29, 1.82) is 0 Å². The zero-order valence-corrected chi connectivity index (χ0v) is 12.3. The Kier molecular flexibility index (Phi) is 5.35. The summed E-state index contributed by atoms with van der Waals surface area (Å²) in [5.41, 5.74) is 1.13. The standard InChI is InChI=1S/C13H20N2O3S/c1-10(2)4-9-13(16)14-11-5-7-12(8-6-11)15-19(3,17)18/h5-8,10,15H,4,9H2,1-3H3,(H,14,16). The van der Waals surface area contributed by atoms with Gasteiger partial charge in [-0.3, -0.25) is 9.52 Å². The Labute approximate surface area is 114 Å². The van der Waals surface area contributed by atoms with Crippen molar-refractivity contribution in [2.24, 2.45) is 5.92 Å². The van der Waals surface area contributed by atoms with Crippen LogP contribution in [0.4, 0.5) is 11.4 Å². The van der Waals surface area contributed by atoms with Gasteiger partial charge in [-0.1, -0.05) is 13.8 Å². The Bertz CT molecular complexity index is 521. The predicted molar refractivity (Wildman–Crippen MR) is 77.6 cm³/mol. The molecule has 0 heterocycles. The van der Waals surface area contributed by atoms with Crippen molar-refractivity contribution in [1.82, 2.24) is 0 Å². The molecular weight excluding hydrogens is 264 g/mol. The van der Waals surface area contributed by atoms with Gasteiger partial charge in [0.25, 0.3) is 0 Å². The third kappa shape index (κ3) is 6.81. The highest BCUT2D eigenvalue weighted by molar-refractivity contribution is 7.92. The molecule has 19 heavy (non-hydrogen) atoms. The van der Waals surface area contributed by atoms with Crippen molar-refractivity contribution in [2.45, 2.75) is 26.7 Å². The molecule has 0 aliphatic carbocycles. The van der Waals surface area contributed by atoms with Crippen molar-refractivity contribution < 1.29 is 13.2 Å². The van der Waals surface area contributed by atoms with Gasteiger partial charge in [0.15, 0.2) is 0 Å². The largest absolute Gasteiger partial charge is 0.326 e. The molecule has 6 heteroatoms. The topological polar surface area (TPSA) is 75.3 Å². The average molecular weight is 284 g/mol. The maximum atomic E-state index is 11.6. The van der Waals surface area contributed by atoms with Crippen LogP contribution in [0.25, 0.3) is 0 Å². The first-order chi connectivity index (χ1) is 8.76. The van der Waals surface area contributed by atoms with Gasteiger partial charge in [-0.15, -0.1) is 0 Å². The molecular formula is C13H20N2O3S. The highest BCUT2D eigenvalue weighted by atomic mass is 32.2.